The lowest BCUT2D eigenvalue weighted by Gasteiger charge is -2.13. The summed E-state index contributed by atoms with van der Waals surface area (Å²) in [5, 5.41) is 13.7. The lowest BCUT2D eigenvalue weighted by atomic mass is 10.1. The number of nitro groups is 1. The summed E-state index contributed by atoms with van der Waals surface area (Å²) < 4.78 is 0. The fraction of sp³-hybridized carbons (Fsp3) is 0.267. The van der Waals surface area contributed by atoms with Gasteiger partial charge in [0, 0.05) is 28.3 Å². The third-order valence-electron chi connectivity index (χ3n) is 3.03. The number of amides is 1. The maximum Gasteiger partial charge on any atom is 0.282 e. The highest BCUT2D eigenvalue weighted by Gasteiger charge is 2.20. The van der Waals surface area contributed by atoms with Crippen LogP contribution in [0.2, 0.25) is 0 Å². The second-order valence-electron chi connectivity index (χ2n) is 4.87. The Morgan fingerprint density at radius 3 is 2.67 bits per heavy atom. The lowest BCUT2D eigenvalue weighted by Crippen LogP contribution is -2.34. The number of benzene rings is 1. The Morgan fingerprint density at radius 2 is 2.05 bits per heavy atom. The van der Waals surface area contributed by atoms with Crippen molar-refractivity contribution >= 4 is 22.9 Å². The van der Waals surface area contributed by atoms with Crippen molar-refractivity contribution in [3.8, 4) is 0 Å². The van der Waals surface area contributed by atoms with Crippen LogP contribution in [0.15, 0.2) is 36.4 Å². The van der Waals surface area contributed by atoms with E-state index in [2.05, 4.69) is 5.32 Å². The molecule has 0 bridgehead atoms. The average molecular weight is 304 g/mol. The molecular weight excluding hydrogens is 288 g/mol. The zero-order valence-corrected chi connectivity index (χ0v) is 12.6. The first-order chi connectivity index (χ1) is 9.97. The van der Waals surface area contributed by atoms with E-state index in [0.29, 0.717) is 6.42 Å². The minimum atomic E-state index is -0.539. The molecule has 1 N–H and O–H groups in total. The molecule has 2 rings (SSSR count). The Balaban J connectivity index is 2.06. The molecule has 1 aromatic carbocycles. The third kappa shape index (κ3) is 3.88. The van der Waals surface area contributed by atoms with Crippen LogP contribution in [-0.2, 0) is 6.42 Å². The predicted octanol–water partition coefficient (Wildman–Crippen LogP) is 3.33. The van der Waals surface area contributed by atoms with E-state index in [1.807, 2.05) is 26.0 Å². The standard InChI is InChI=1S/C15H16N2O3S/c1-10(9-12-8-7-11(2)21-12)16-15(18)13-5-3-4-6-14(13)17(19)20/h3-8,10H,9H2,1-2H3,(H,16,18)/t10-/m0/s1. The molecule has 0 spiro atoms. The second-order valence-corrected chi connectivity index (χ2v) is 6.24. The molecule has 2 aromatic rings. The molecular formula is C15H16N2O3S. The minimum Gasteiger partial charge on any atom is -0.349 e. The van der Waals surface area contributed by atoms with Gasteiger partial charge < -0.3 is 5.32 Å². The van der Waals surface area contributed by atoms with Gasteiger partial charge in [-0.1, -0.05) is 12.1 Å². The molecule has 1 aromatic heterocycles. The molecule has 0 aliphatic rings. The molecule has 0 radical (unpaired) electrons. The van der Waals surface area contributed by atoms with E-state index < -0.39 is 10.8 Å². The van der Waals surface area contributed by atoms with E-state index in [1.54, 1.807) is 23.5 Å². The van der Waals surface area contributed by atoms with Crippen LogP contribution >= 0.6 is 11.3 Å². The topological polar surface area (TPSA) is 72.2 Å². The summed E-state index contributed by atoms with van der Waals surface area (Å²) in [4.78, 5) is 25.0. The molecule has 21 heavy (non-hydrogen) atoms. The lowest BCUT2D eigenvalue weighted by molar-refractivity contribution is -0.385. The molecule has 0 aliphatic carbocycles. The quantitative estimate of drug-likeness (QED) is 0.680. The molecule has 0 fully saturated rings. The summed E-state index contributed by atoms with van der Waals surface area (Å²) in [5.41, 5.74) is -0.0779. The van der Waals surface area contributed by atoms with Crippen molar-refractivity contribution in [3.63, 3.8) is 0 Å². The van der Waals surface area contributed by atoms with Crippen molar-refractivity contribution in [1.29, 1.82) is 0 Å². The SMILES string of the molecule is Cc1ccc(C[C@H](C)NC(=O)c2ccccc2[N+](=O)[O-])s1. The van der Waals surface area contributed by atoms with Crippen molar-refractivity contribution < 1.29 is 9.72 Å². The summed E-state index contributed by atoms with van der Waals surface area (Å²) in [6.07, 6.45) is 0.713. The molecule has 0 saturated carbocycles. The molecule has 1 heterocycles. The van der Waals surface area contributed by atoms with E-state index in [0.717, 1.165) is 0 Å². The van der Waals surface area contributed by atoms with E-state index in [9.17, 15) is 14.9 Å². The largest absolute Gasteiger partial charge is 0.349 e. The zero-order chi connectivity index (χ0) is 15.4. The first-order valence-corrected chi connectivity index (χ1v) is 7.38. The second kappa shape index (κ2) is 6.49. The molecule has 0 unspecified atom stereocenters. The summed E-state index contributed by atoms with van der Waals surface area (Å²) in [6, 6.07) is 9.96. The molecule has 1 amide bonds. The van der Waals surface area contributed by atoms with Gasteiger partial charge in [-0.3, -0.25) is 14.9 Å². The van der Waals surface area contributed by atoms with Crippen molar-refractivity contribution in [2.75, 3.05) is 0 Å². The van der Waals surface area contributed by atoms with Gasteiger partial charge >= 0.3 is 0 Å². The van der Waals surface area contributed by atoms with E-state index in [1.165, 1.54) is 21.9 Å². The van der Waals surface area contributed by atoms with E-state index >= 15 is 0 Å². The number of aryl methyl sites for hydroxylation is 1. The van der Waals surface area contributed by atoms with Crippen molar-refractivity contribution in [2.24, 2.45) is 0 Å². The van der Waals surface area contributed by atoms with Crippen molar-refractivity contribution in [3.05, 3.63) is 61.8 Å². The van der Waals surface area contributed by atoms with Crippen LogP contribution in [0.5, 0.6) is 0 Å². The molecule has 5 nitrogen and oxygen atoms in total. The van der Waals surface area contributed by atoms with Crippen molar-refractivity contribution in [1.82, 2.24) is 5.32 Å². The van der Waals surface area contributed by atoms with Gasteiger partial charge in [-0.05, 0) is 32.0 Å². The highest BCUT2D eigenvalue weighted by Crippen LogP contribution is 2.19. The zero-order valence-electron chi connectivity index (χ0n) is 11.8. The number of nitro benzene ring substituents is 1. The Morgan fingerprint density at radius 1 is 1.33 bits per heavy atom. The van der Waals surface area contributed by atoms with Gasteiger partial charge in [-0.25, -0.2) is 0 Å². The van der Waals surface area contributed by atoms with Crippen LogP contribution in [-0.4, -0.2) is 16.9 Å². The number of carbonyl (C=O) groups excluding carboxylic acids is 1. The van der Waals surface area contributed by atoms with E-state index in [4.69, 9.17) is 0 Å². The molecule has 0 saturated heterocycles. The van der Waals surface area contributed by atoms with Crippen LogP contribution in [0.4, 0.5) is 5.69 Å². The van der Waals surface area contributed by atoms with Gasteiger partial charge in [-0.2, -0.15) is 0 Å². The van der Waals surface area contributed by atoms with E-state index in [-0.39, 0.29) is 17.3 Å². The first kappa shape index (κ1) is 15.2. The molecule has 110 valence electrons. The Hall–Kier alpha value is -2.21. The molecule has 1 atom stereocenters. The van der Waals surface area contributed by atoms with Gasteiger partial charge in [-0.15, -0.1) is 11.3 Å². The van der Waals surface area contributed by atoms with Crippen LogP contribution in [0.1, 0.15) is 27.0 Å². The normalized spacial score (nSPS) is 11.9. The summed E-state index contributed by atoms with van der Waals surface area (Å²) in [5.74, 6) is -0.414. The number of hydrogen-bond donors (Lipinski definition) is 1. The number of rotatable bonds is 5. The highest BCUT2D eigenvalue weighted by molar-refractivity contribution is 7.11. The van der Waals surface area contributed by atoms with Gasteiger partial charge in [0.05, 0.1) is 4.92 Å². The summed E-state index contributed by atoms with van der Waals surface area (Å²) in [7, 11) is 0. The maximum atomic E-state index is 12.2. The number of carbonyl (C=O) groups is 1. The fourth-order valence-electron chi connectivity index (χ4n) is 2.07. The van der Waals surface area contributed by atoms with Crippen molar-refractivity contribution in [2.45, 2.75) is 26.3 Å². The monoisotopic (exact) mass is 304 g/mol. The molecule has 0 aliphatic heterocycles. The third-order valence-corrected chi connectivity index (χ3v) is 4.05. The maximum absolute atomic E-state index is 12.2. The highest BCUT2D eigenvalue weighted by atomic mass is 32.1. The van der Waals surface area contributed by atoms with Crippen LogP contribution < -0.4 is 5.32 Å². The number of nitrogens with zero attached hydrogens (tertiary/aromatic N) is 1. The molecule has 6 heteroatoms. The number of para-hydroxylation sites is 1. The number of hydrogen-bond acceptors (Lipinski definition) is 4. The summed E-state index contributed by atoms with van der Waals surface area (Å²) in [6.45, 7) is 3.92. The van der Waals surface area contributed by atoms with Crippen LogP contribution in [0, 0.1) is 17.0 Å². The Labute approximate surface area is 126 Å². The fourth-order valence-corrected chi connectivity index (χ4v) is 3.09. The first-order valence-electron chi connectivity index (χ1n) is 6.57. The Kier molecular flexibility index (Phi) is 4.70. The van der Waals surface area contributed by atoms with Gasteiger partial charge in [0.2, 0.25) is 0 Å². The van der Waals surface area contributed by atoms with Gasteiger partial charge in [0.1, 0.15) is 5.56 Å². The van der Waals surface area contributed by atoms with Crippen LogP contribution in [0.3, 0.4) is 0 Å². The average Bonchev–Trinajstić information content (AvgIpc) is 2.83. The van der Waals surface area contributed by atoms with Crippen LogP contribution in [0.25, 0.3) is 0 Å². The summed E-state index contributed by atoms with van der Waals surface area (Å²) >= 11 is 1.69. The number of nitrogens with one attached hydrogen (secondary N) is 1. The Bertz CT molecular complexity index is 666. The van der Waals surface area contributed by atoms with Gasteiger partial charge in [0.25, 0.3) is 11.6 Å². The number of thiophene rings is 1. The predicted molar refractivity (Wildman–Crippen MR) is 82.8 cm³/mol. The minimum absolute atomic E-state index is 0.0876. The smallest absolute Gasteiger partial charge is 0.282 e. The van der Waals surface area contributed by atoms with Gasteiger partial charge in [0.15, 0.2) is 0 Å².